The summed E-state index contributed by atoms with van der Waals surface area (Å²) < 4.78 is 11.5. The number of piperidine rings is 1. The van der Waals surface area contributed by atoms with Crippen LogP contribution in [-0.2, 0) is 6.54 Å². The van der Waals surface area contributed by atoms with E-state index >= 15 is 0 Å². The Bertz CT molecular complexity index is 880. The van der Waals surface area contributed by atoms with E-state index in [9.17, 15) is 4.79 Å². The van der Waals surface area contributed by atoms with Crippen molar-refractivity contribution in [2.75, 3.05) is 24.6 Å². The Hall–Kier alpha value is -2.87. The first-order valence-corrected chi connectivity index (χ1v) is 11.0. The van der Waals surface area contributed by atoms with Crippen LogP contribution in [0.5, 0.6) is 11.6 Å². The molecule has 2 aliphatic heterocycles. The highest BCUT2D eigenvalue weighted by atomic mass is 16.5. The number of hydrogen-bond donors (Lipinski definition) is 2. The molecule has 2 aromatic rings. The molecule has 4 heterocycles. The Morgan fingerprint density at radius 2 is 2.03 bits per heavy atom. The molecule has 1 fully saturated rings. The van der Waals surface area contributed by atoms with Gasteiger partial charge in [-0.25, -0.2) is 9.97 Å². The summed E-state index contributed by atoms with van der Waals surface area (Å²) in [5.41, 5.74) is 2.55. The van der Waals surface area contributed by atoms with Crippen LogP contribution in [0.2, 0.25) is 0 Å². The number of nitrogens with zero attached hydrogens (tertiary/aromatic N) is 3. The fourth-order valence-electron chi connectivity index (χ4n) is 3.68. The third-order valence-corrected chi connectivity index (χ3v) is 5.26. The number of aliphatic hydroxyl groups excluding tert-OH is 1. The molecule has 1 atom stereocenters. The lowest BCUT2D eigenvalue weighted by Crippen LogP contribution is -2.39. The number of amides is 1. The van der Waals surface area contributed by atoms with Crippen LogP contribution in [0.15, 0.2) is 24.4 Å². The maximum atomic E-state index is 11.8. The van der Waals surface area contributed by atoms with E-state index in [1.807, 2.05) is 32.9 Å². The number of carbonyl (C=O) groups is 1. The SMILES string of the molecule is CC.Cc1cc2c(nc1N1CCC(Oc3ccc(O[C@@H](C)CO)nc3)CC1)CNC2=O. The molecule has 0 unspecified atom stereocenters. The first-order chi connectivity index (χ1) is 15.0. The van der Waals surface area contributed by atoms with Crippen LogP contribution in [0.1, 0.15) is 55.2 Å². The second-order valence-electron chi connectivity index (χ2n) is 7.55. The number of hydrogen-bond acceptors (Lipinski definition) is 7. The predicted octanol–water partition coefficient (Wildman–Crippen LogP) is 2.86. The quantitative estimate of drug-likeness (QED) is 0.730. The lowest BCUT2D eigenvalue weighted by atomic mass is 10.1. The van der Waals surface area contributed by atoms with Crippen LogP contribution in [0.25, 0.3) is 0 Å². The Morgan fingerprint density at radius 1 is 1.29 bits per heavy atom. The van der Waals surface area contributed by atoms with Crippen molar-refractivity contribution < 1.29 is 19.4 Å². The number of ether oxygens (including phenoxy) is 2. The van der Waals surface area contributed by atoms with E-state index in [1.165, 1.54) is 0 Å². The van der Waals surface area contributed by atoms with Crippen LogP contribution in [-0.4, -0.2) is 52.9 Å². The van der Waals surface area contributed by atoms with Gasteiger partial charge >= 0.3 is 0 Å². The molecule has 0 saturated carbocycles. The number of nitrogens with one attached hydrogen (secondary N) is 1. The molecule has 31 heavy (non-hydrogen) atoms. The van der Waals surface area contributed by atoms with Crippen molar-refractivity contribution in [1.82, 2.24) is 15.3 Å². The molecule has 2 aromatic heterocycles. The molecule has 0 radical (unpaired) electrons. The zero-order valence-corrected chi connectivity index (χ0v) is 18.7. The summed E-state index contributed by atoms with van der Waals surface area (Å²) in [6.45, 7) is 9.94. The van der Waals surface area contributed by atoms with Crippen LogP contribution in [0.4, 0.5) is 5.82 Å². The van der Waals surface area contributed by atoms with Crippen molar-refractivity contribution in [2.45, 2.75) is 59.3 Å². The molecule has 0 aromatic carbocycles. The third-order valence-electron chi connectivity index (χ3n) is 5.26. The van der Waals surface area contributed by atoms with Crippen molar-refractivity contribution in [3.8, 4) is 11.6 Å². The van der Waals surface area contributed by atoms with E-state index in [4.69, 9.17) is 19.6 Å². The van der Waals surface area contributed by atoms with Crippen molar-refractivity contribution in [2.24, 2.45) is 0 Å². The van der Waals surface area contributed by atoms with Crippen molar-refractivity contribution in [1.29, 1.82) is 0 Å². The van der Waals surface area contributed by atoms with Gasteiger partial charge in [-0.15, -0.1) is 0 Å². The van der Waals surface area contributed by atoms with Gasteiger partial charge in [0.2, 0.25) is 5.88 Å². The van der Waals surface area contributed by atoms with Gasteiger partial charge in [0.25, 0.3) is 5.91 Å². The molecule has 2 N–H and O–H groups in total. The minimum Gasteiger partial charge on any atom is -0.489 e. The zero-order chi connectivity index (χ0) is 22.4. The number of fused-ring (bicyclic) bond motifs is 1. The highest BCUT2D eigenvalue weighted by Gasteiger charge is 2.26. The van der Waals surface area contributed by atoms with Crippen LogP contribution < -0.4 is 19.7 Å². The predicted molar refractivity (Wildman–Crippen MR) is 119 cm³/mol. The Morgan fingerprint density at radius 3 is 2.68 bits per heavy atom. The maximum Gasteiger partial charge on any atom is 0.253 e. The number of pyridine rings is 2. The summed E-state index contributed by atoms with van der Waals surface area (Å²) in [6.07, 6.45) is 3.25. The summed E-state index contributed by atoms with van der Waals surface area (Å²) in [7, 11) is 0. The molecule has 1 amide bonds. The second kappa shape index (κ2) is 10.4. The van der Waals surface area contributed by atoms with E-state index in [0.717, 1.165) is 43.0 Å². The molecular weight excluding hydrogens is 396 g/mol. The summed E-state index contributed by atoms with van der Waals surface area (Å²) in [5.74, 6) is 2.11. The number of aromatic nitrogens is 2. The van der Waals surface area contributed by atoms with E-state index < -0.39 is 0 Å². The van der Waals surface area contributed by atoms with Gasteiger partial charge < -0.3 is 24.8 Å². The molecule has 8 nitrogen and oxygen atoms in total. The first-order valence-electron chi connectivity index (χ1n) is 11.0. The summed E-state index contributed by atoms with van der Waals surface area (Å²) in [5, 5.41) is 11.9. The number of carbonyl (C=O) groups excluding carboxylic acids is 1. The topological polar surface area (TPSA) is 96.8 Å². The molecule has 168 valence electrons. The Balaban J connectivity index is 0.00000132. The van der Waals surface area contributed by atoms with E-state index in [1.54, 1.807) is 19.2 Å². The van der Waals surface area contributed by atoms with Crippen LogP contribution >= 0.6 is 0 Å². The lowest BCUT2D eigenvalue weighted by Gasteiger charge is -2.33. The number of anilines is 1. The van der Waals surface area contributed by atoms with Gasteiger partial charge in [-0.1, -0.05) is 13.8 Å². The molecule has 0 aliphatic carbocycles. The standard InChI is InChI=1S/C21H26N4O4.C2H6/c1-13-9-17-18(11-23-21(17)27)24-20(13)25-7-5-15(6-8-25)29-16-3-4-19(22-10-16)28-14(2)12-26;1-2/h3-4,9-10,14-15,26H,5-8,11-12H2,1-2H3,(H,23,27);1-2H3/t14-;/m0./s1. The fraction of sp³-hybridized carbons (Fsp3) is 0.522. The highest BCUT2D eigenvalue weighted by Crippen LogP contribution is 2.27. The summed E-state index contributed by atoms with van der Waals surface area (Å²) >= 11 is 0. The van der Waals surface area contributed by atoms with Gasteiger partial charge in [-0.2, -0.15) is 0 Å². The van der Waals surface area contributed by atoms with Gasteiger partial charge in [0.15, 0.2) is 0 Å². The number of rotatable bonds is 6. The third kappa shape index (κ3) is 5.44. The Kier molecular flexibility index (Phi) is 7.68. The molecule has 0 bridgehead atoms. The molecule has 0 spiro atoms. The molecule has 8 heteroatoms. The van der Waals surface area contributed by atoms with Crippen molar-refractivity contribution >= 4 is 11.7 Å². The molecule has 2 aliphatic rings. The first kappa shape index (κ1) is 22.8. The Labute approximate surface area is 183 Å². The largest absolute Gasteiger partial charge is 0.489 e. The second-order valence-corrected chi connectivity index (χ2v) is 7.55. The molecule has 1 saturated heterocycles. The lowest BCUT2D eigenvalue weighted by molar-refractivity contribution is 0.0965. The fourth-order valence-corrected chi connectivity index (χ4v) is 3.68. The minimum absolute atomic E-state index is 0.0369. The highest BCUT2D eigenvalue weighted by molar-refractivity contribution is 5.98. The number of aliphatic hydroxyl groups is 1. The van der Waals surface area contributed by atoms with E-state index in [2.05, 4.69) is 15.2 Å². The van der Waals surface area contributed by atoms with E-state index in [0.29, 0.717) is 23.7 Å². The van der Waals surface area contributed by atoms with E-state index in [-0.39, 0.29) is 24.7 Å². The van der Waals surface area contributed by atoms with Gasteiger partial charge in [0.05, 0.1) is 30.6 Å². The minimum atomic E-state index is -0.288. The maximum absolute atomic E-state index is 11.8. The average Bonchev–Trinajstić information content (AvgIpc) is 3.16. The zero-order valence-electron chi connectivity index (χ0n) is 18.7. The molecular formula is C23H32N4O4. The van der Waals surface area contributed by atoms with Crippen molar-refractivity contribution in [3.63, 3.8) is 0 Å². The average molecular weight is 429 g/mol. The monoisotopic (exact) mass is 428 g/mol. The van der Waals surface area contributed by atoms with Crippen LogP contribution in [0, 0.1) is 6.92 Å². The van der Waals surface area contributed by atoms with Gasteiger partial charge in [0, 0.05) is 32.0 Å². The van der Waals surface area contributed by atoms with Crippen LogP contribution in [0.3, 0.4) is 0 Å². The van der Waals surface area contributed by atoms with Gasteiger partial charge in [-0.05, 0) is 31.5 Å². The summed E-state index contributed by atoms with van der Waals surface area (Å²) in [4.78, 5) is 23.0. The van der Waals surface area contributed by atoms with Crippen molar-refractivity contribution in [3.05, 3.63) is 41.2 Å². The van der Waals surface area contributed by atoms with Gasteiger partial charge in [-0.3, -0.25) is 4.79 Å². The number of aryl methyl sites for hydroxylation is 1. The van der Waals surface area contributed by atoms with Gasteiger partial charge in [0.1, 0.15) is 23.8 Å². The molecule has 4 rings (SSSR count). The normalized spacial score (nSPS) is 16.7. The summed E-state index contributed by atoms with van der Waals surface area (Å²) in [6, 6.07) is 5.54. The smallest absolute Gasteiger partial charge is 0.253 e.